The molecule has 1 saturated carbocycles. The molecule has 43 heavy (non-hydrogen) atoms. The number of nitrogens with two attached hydrogens (primary N) is 1. The highest BCUT2D eigenvalue weighted by molar-refractivity contribution is 8.00. The molecule has 0 aromatic carbocycles. The summed E-state index contributed by atoms with van der Waals surface area (Å²) in [5.41, 5.74) is 7.66. The molecule has 0 unspecified atom stereocenters. The number of anilines is 1. The number of carboxylic acids is 1. The van der Waals surface area contributed by atoms with Crippen LogP contribution in [0.1, 0.15) is 43.6 Å². The normalized spacial score (nSPS) is 21.0. The molecule has 1 aliphatic carbocycles. The standard InChI is InChI=1S/C27H29N9O5S2/c1-34-12-13-35-18(34)11-10-16(31-35)7-3-2-6-15-14-42-25-20(24(38)36(25)21(15)26(39)40)29-23(37)19(22-30-27(28)43-33-22)32-41-17-8-4-5-9-17/h2,6,10-13,17,20,25H,3-5,7-9,14H2,1H3,(H3-,28,29,30,33,37,39,40)/b6-2+,32-19-/t20-,25-/m1/s1. The predicted octanol–water partition coefficient (Wildman–Crippen LogP) is -0.151. The van der Waals surface area contributed by atoms with E-state index in [1.165, 1.54) is 16.7 Å². The molecule has 3 aliphatic rings. The van der Waals surface area contributed by atoms with Crippen molar-refractivity contribution in [2.24, 2.45) is 12.2 Å². The van der Waals surface area contributed by atoms with Crippen molar-refractivity contribution in [2.75, 3.05) is 11.5 Å². The number of aliphatic carboxylic acids is 1. The number of nitrogens with zero attached hydrogens (tertiary/aromatic N) is 7. The van der Waals surface area contributed by atoms with Gasteiger partial charge in [-0.2, -0.15) is 9.36 Å². The molecule has 14 nitrogen and oxygen atoms in total. The molecular formula is C27H29N9O5S2. The van der Waals surface area contributed by atoms with Crippen molar-refractivity contribution in [1.29, 1.82) is 0 Å². The highest BCUT2D eigenvalue weighted by Gasteiger charge is 2.53. The van der Waals surface area contributed by atoms with Crippen LogP contribution in [0, 0.1) is 0 Å². The lowest BCUT2D eigenvalue weighted by Gasteiger charge is -2.50. The van der Waals surface area contributed by atoms with E-state index >= 15 is 0 Å². The van der Waals surface area contributed by atoms with Gasteiger partial charge in [0, 0.05) is 23.4 Å². The number of aromatic nitrogens is 5. The first kappa shape index (κ1) is 28.8. The van der Waals surface area contributed by atoms with E-state index in [0.717, 1.165) is 48.6 Å². The van der Waals surface area contributed by atoms with Gasteiger partial charge in [-0.25, -0.2) is 4.57 Å². The maximum absolute atomic E-state index is 13.2. The van der Waals surface area contributed by atoms with E-state index in [2.05, 4.69) is 24.9 Å². The van der Waals surface area contributed by atoms with Crippen LogP contribution in [-0.4, -0.2) is 70.6 Å². The number of amides is 2. The lowest BCUT2D eigenvalue weighted by molar-refractivity contribution is -0.644. The first-order chi connectivity index (χ1) is 20.8. The minimum Gasteiger partial charge on any atom is -0.543 e. The van der Waals surface area contributed by atoms with Crippen molar-refractivity contribution >= 4 is 57.6 Å². The number of allylic oxidation sites excluding steroid dienone is 2. The van der Waals surface area contributed by atoms with Crippen LogP contribution in [0.25, 0.3) is 5.65 Å². The molecule has 16 heteroatoms. The molecule has 3 aromatic heterocycles. The Bertz CT molecular complexity index is 1670. The first-order valence-electron chi connectivity index (χ1n) is 13.8. The fraction of sp³-hybridized carbons (Fsp3) is 0.407. The third-order valence-electron chi connectivity index (χ3n) is 7.52. The number of rotatable bonds is 10. The summed E-state index contributed by atoms with van der Waals surface area (Å²) in [6, 6.07) is 2.98. The van der Waals surface area contributed by atoms with Gasteiger partial charge in [-0.3, -0.25) is 14.5 Å². The van der Waals surface area contributed by atoms with Gasteiger partial charge in [0.2, 0.25) is 11.5 Å². The van der Waals surface area contributed by atoms with Crippen molar-refractivity contribution in [1.82, 2.24) is 29.2 Å². The Morgan fingerprint density at radius 2 is 2.14 bits per heavy atom. The summed E-state index contributed by atoms with van der Waals surface area (Å²) in [5.74, 6) is -2.40. The third kappa shape index (κ3) is 5.84. The zero-order valence-corrected chi connectivity index (χ0v) is 24.8. The molecule has 6 rings (SSSR count). The largest absolute Gasteiger partial charge is 0.543 e. The maximum atomic E-state index is 13.2. The second-order valence-electron chi connectivity index (χ2n) is 10.4. The van der Waals surface area contributed by atoms with Crippen LogP contribution in [0.4, 0.5) is 5.13 Å². The molecule has 2 fully saturated rings. The highest BCUT2D eigenvalue weighted by atomic mass is 32.2. The van der Waals surface area contributed by atoms with Gasteiger partial charge in [0.25, 0.3) is 11.8 Å². The van der Waals surface area contributed by atoms with E-state index < -0.39 is 29.2 Å². The number of nitrogen functional groups attached to an aromatic ring is 1. The topological polar surface area (TPSA) is 184 Å². The van der Waals surface area contributed by atoms with Crippen LogP contribution < -0.4 is 20.7 Å². The number of hydrogen-bond donors (Lipinski definition) is 2. The molecule has 2 atom stereocenters. The number of oxime groups is 1. The highest BCUT2D eigenvalue weighted by Crippen LogP contribution is 2.40. The Morgan fingerprint density at radius 3 is 2.88 bits per heavy atom. The minimum atomic E-state index is -1.45. The Morgan fingerprint density at radius 1 is 1.33 bits per heavy atom. The number of β-lactam (4-membered cyclic amide) rings is 1. The Balaban J connectivity index is 1.12. The van der Waals surface area contributed by atoms with Gasteiger partial charge < -0.3 is 25.8 Å². The number of thioether (sulfide) groups is 1. The average molecular weight is 624 g/mol. The number of carbonyl (C=O) groups excluding carboxylic acids is 3. The first-order valence-corrected chi connectivity index (χ1v) is 15.6. The smallest absolute Gasteiger partial charge is 0.306 e. The number of carbonyl (C=O) groups is 3. The van der Waals surface area contributed by atoms with Gasteiger partial charge in [-0.15, -0.1) is 16.3 Å². The minimum absolute atomic E-state index is 0.00171. The fourth-order valence-electron chi connectivity index (χ4n) is 5.29. The van der Waals surface area contributed by atoms with Crippen LogP contribution in [0.2, 0.25) is 0 Å². The number of hydrogen-bond acceptors (Lipinski definition) is 12. The third-order valence-corrected chi connectivity index (χ3v) is 9.36. The van der Waals surface area contributed by atoms with Crippen LogP contribution in [0.5, 0.6) is 0 Å². The molecule has 0 radical (unpaired) electrons. The second-order valence-corrected chi connectivity index (χ2v) is 12.3. The molecular weight excluding hydrogens is 594 g/mol. The molecule has 2 amide bonds. The SMILES string of the molecule is C[n+]1ccn2nc(CC/C=C/C3=C(C(=O)[O-])N4C(=O)[C@@H](NC(=O)/C(=N\OC5CCCC5)c5nsc(N)n5)[C@H]4SC3)ccc21. The summed E-state index contributed by atoms with van der Waals surface area (Å²) < 4.78 is 7.85. The Hall–Kier alpha value is -4.31. The molecule has 3 N–H and O–H groups in total. The lowest BCUT2D eigenvalue weighted by atomic mass is 10.0. The van der Waals surface area contributed by atoms with E-state index in [0.29, 0.717) is 24.2 Å². The number of fused-ring (bicyclic) bond motifs is 2. The monoisotopic (exact) mass is 623 g/mol. The number of imidazole rings is 1. The van der Waals surface area contributed by atoms with E-state index in [1.54, 1.807) is 10.6 Å². The summed E-state index contributed by atoms with van der Waals surface area (Å²) in [7, 11) is 1.95. The van der Waals surface area contributed by atoms with E-state index in [1.807, 2.05) is 42.2 Å². The predicted molar refractivity (Wildman–Crippen MR) is 155 cm³/mol. The van der Waals surface area contributed by atoms with Crippen molar-refractivity contribution in [2.45, 2.75) is 56.0 Å². The van der Waals surface area contributed by atoms with Gasteiger partial charge in [0.05, 0.1) is 24.4 Å². The Labute approximate surface area is 254 Å². The number of nitrogens with one attached hydrogen (secondary N) is 1. The summed E-state index contributed by atoms with van der Waals surface area (Å²) in [6.45, 7) is 0. The van der Waals surface area contributed by atoms with Gasteiger partial charge in [0.15, 0.2) is 11.3 Å². The number of aryl methyl sites for hydroxylation is 2. The fourth-order valence-corrected chi connectivity index (χ4v) is 7.05. The Kier molecular flexibility index (Phi) is 8.12. The van der Waals surface area contributed by atoms with Gasteiger partial charge in [-0.05, 0) is 50.2 Å². The number of carboxylic acid groups (broad SMARTS) is 1. The zero-order chi connectivity index (χ0) is 30.1. The molecule has 0 spiro atoms. The molecule has 1 saturated heterocycles. The van der Waals surface area contributed by atoms with Gasteiger partial charge in [0.1, 0.15) is 23.7 Å². The van der Waals surface area contributed by atoms with Crippen LogP contribution in [0.15, 0.2) is 53.1 Å². The van der Waals surface area contributed by atoms with Crippen LogP contribution in [0.3, 0.4) is 0 Å². The quantitative estimate of drug-likeness (QED) is 0.133. The van der Waals surface area contributed by atoms with E-state index in [9.17, 15) is 19.5 Å². The van der Waals surface area contributed by atoms with Crippen LogP contribution in [-0.2, 0) is 32.7 Å². The van der Waals surface area contributed by atoms with Crippen LogP contribution >= 0.6 is 23.3 Å². The lowest BCUT2D eigenvalue weighted by Crippen LogP contribution is -2.71. The van der Waals surface area contributed by atoms with Gasteiger partial charge in [-0.1, -0.05) is 22.4 Å². The summed E-state index contributed by atoms with van der Waals surface area (Å²) >= 11 is 2.26. The van der Waals surface area contributed by atoms with Gasteiger partial charge >= 0.3 is 5.65 Å². The summed E-state index contributed by atoms with van der Waals surface area (Å²) in [5, 5.41) is 23.0. The van der Waals surface area contributed by atoms with Crippen molar-refractivity contribution in [3.8, 4) is 0 Å². The summed E-state index contributed by atoms with van der Waals surface area (Å²) in [4.78, 5) is 49.3. The molecule has 5 heterocycles. The van der Waals surface area contributed by atoms with E-state index in [4.69, 9.17) is 10.6 Å². The summed E-state index contributed by atoms with van der Waals surface area (Å²) in [6.07, 6.45) is 12.2. The molecule has 3 aromatic rings. The second kappa shape index (κ2) is 12.1. The maximum Gasteiger partial charge on any atom is 0.306 e. The zero-order valence-electron chi connectivity index (χ0n) is 23.2. The molecule has 0 bridgehead atoms. The molecule has 2 aliphatic heterocycles. The molecule has 224 valence electrons. The van der Waals surface area contributed by atoms with Crippen molar-refractivity contribution in [3.63, 3.8) is 0 Å². The van der Waals surface area contributed by atoms with E-state index in [-0.39, 0.29) is 28.5 Å². The van der Waals surface area contributed by atoms with Crippen molar-refractivity contribution in [3.05, 3.63) is 59.5 Å². The van der Waals surface area contributed by atoms with Crippen molar-refractivity contribution < 1.29 is 28.9 Å². The average Bonchev–Trinajstić information content (AvgIpc) is 3.76.